The van der Waals surface area contributed by atoms with Crippen molar-refractivity contribution < 1.29 is 4.39 Å². The van der Waals surface area contributed by atoms with Crippen LogP contribution in [0.5, 0.6) is 0 Å². The van der Waals surface area contributed by atoms with Crippen LogP contribution in [0.25, 0.3) is 0 Å². The fraction of sp³-hybridized carbons (Fsp3) is 0.625. The van der Waals surface area contributed by atoms with E-state index in [1.54, 1.807) is 6.07 Å². The third-order valence-electron chi connectivity index (χ3n) is 4.33. The zero-order chi connectivity index (χ0) is 13.1. The molecule has 3 unspecified atom stereocenters. The van der Waals surface area contributed by atoms with Gasteiger partial charge in [0.25, 0.3) is 0 Å². The first kappa shape index (κ1) is 13.5. The molecule has 100 valence electrons. The predicted molar refractivity (Wildman–Crippen MR) is 74.3 cm³/mol. The van der Waals surface area contributed by atoms with Crippen LogP contribution in [0.1, 0.15) is 43.2 Å². The maximum atomic E-state index is 13.4. The van der Waals surface area contributed by atoms with E-state index in [1.165, 1.54) is 24.8 Å². The summed E-state index contributed by atoms with van der Waals surface area (Å²) in [5.41, 5.74) is 2.09. The minimum absolute atomic E-state index is 0.0900. The van der Waals surface area contributed by atoms with Crippen LogP contribution in [0.2, 0.25) is 0 Å². The first-order valence-corrected chi connectivity index (χ1v) is 7.02. The van der Waals surface area contributed by atoms with Gasteiger partial charge in [0.2, 0.25) is 0 Å². The molecule has 0 spiro atoms. The van der Waals surface area contributed by atoms with Gasteiger partial charge in [0.1, 0.15) is 5.82 Å². The van der Waals surface area contributed by atoms with Crippen molar-refractivity contribution in [2.75, 3.05) is 13.6 Å². The lowest BCUT2D eigenvalue weighted by atomic mass is 9.71. The number of rotatable bonds is 3. The maximum Gasteiger partial charge on any atom is 0.126 e. The van der Waals surface area contributed by atoms with Gasteiger partial charge in [0.15, 0.2) is 0 Å². The van der Waals surface area contributed by atoms with Crippen molar-refractivity contribution in [3.8, 4) is 0 Å². The van der Waals surface area contributed by atoms with Crippen LogP contribution in [0.3, 0.4) is 0 Å². The van der Waals surface area contributed by atoms with E-state index in [1.807, 2.05) is 26.1 Å². The van der Waals surface area contributed by atoms with Gasteiger partial charge in [0.05, 0.1) is 0 Å². The van der Waals surface area contributed by atoms with Crippen molar-refractivity contribution in [2.45, 2.75) is 39.0 Å². The lowest BCUT2D eigenvalue weighted by Gasteiger charge is -2.35. The first-order valence-electron chi connectivity index (χ1n) is 7.02. The molecule has 0 saturated heterocycles. The minimum atomic E-state index is -0.0900. The number of nitrogens with one attached hydrogen (secondary N) is 1. The third kappa shape index (κ3) is 2.92. The monoisotopic (exact) mass is 249 g/mol. The number of halogens is 1. The second-order valence-corrected chi connectivity index (χ2v) is 5.85. The predicted octanol–water partition coefficient (Wildman–Crippen LogP) is 3.87. The molecule has 1 N–H and O–H groups in total. The second-order valence-electron chi connectivity index (χ2n) is 5.85. The van der Waals surface area contributed by atoms with E-state index in [0.717, 1.165) is 18.0 Å². The van der Waals surface area contributed by atoms with Gasteiger partial charge in [-0.15, -0.1) is 0 Å². The highest BCUT2D eigenvalue weighted by Crippen LogP contribution is 2.40. The number of aryl methyl sites for hydroxylation is 1. The van der Waals surface area contributed by atoms with E-state index in [9.17, 15) is 4.39 Å². The van der Waals surface area contributed by atoms with Crippen LogP contribution < -0.4 is 5.32 Å². The molecule has 0 amide bonds. The second kappa shape index (κ2) is 5.83. The fourth-order valence-electron chi connectivity index (χ4n) is 3.26. The molecule has 18 heavy (non-hydrogen) atoms. The molecule has 3 atom stereocenters. The van der Waals surface area contributed by atoms with Crippen molar-refractivity contribution >= 4 is 0 Å². The number of hydrogen-bond acceptors (Lipinski definition) is 1. The highest BCUT2D eigenvalue weighted by Gasteiger charge is 2.29. The summed E-state index contributed by atoms with van der Waals surface area (Å²) in [5.74, 6) is 1.97. The molecule has 2 heteroatoms. The number of benzene rings is 1. The summed E-state index contributed by atoms with van der Waals surface area (Å²) in [5, 5.41) is 3.30. The molecule has 1 nitrogen and oxygen atoms in total. The lowest BCUT2D eigenvalue weighted by molar-refractivity contribution is 0.245. The Morgan fingerprint density at radius 2 is 2.11 bits per heavy atom. The zero-order valence-electron chi connectivity index (χ0n) is 11.7. The van der Waals surface area contributed by atoms with E-state index < -0.39 is 0 Å². The molecule has 1 aromatic carbocycles. The van der Waals surface area contributed by atoms with E-state index in [2.05, 4.69) is 12.2 Å². The highest BCUT2D eigenvalue weighted by atomic mass is 19.1. The van der Waals surface area contributed by atoms with Gasteiger partial charge in [-0.25, -0.2) is 4.39 Å². The molecule has 1 saturated carbocycles. The Bertz CT molecular complexity index is 402. The molecular weight excluding hydrogens is 225 g/mol. The smallest absolute Gasteiger partial charge is 0.126 e. The molecule has 2 rings (SSSR count). The molecule has 1 aliphatic carbocycles. The van der Waals surface area contributed by atoms with Crippen molar-refractivity contribution in [3.63, 3.8) is 0 Å². The minimum Gasteiger partial charge on any atom is -0.319 e. The molecule has 0 aromatic heterocycles. The van der Waals surface area contributed by atoms with E-state index in [0.29, 0.717) is 11.8 Å². The van der Waals surface area contributed by atoms with E-state index >= 15 is 0 Å². The summed E-state index contributed by atoms with van der Waals surface area (Å²) >= 11 is 0. The maximum absolute atomic E-state index is 13.4. The van der Waals surface area contributed by atoms with Gasteiger partial charge in [-0.1, -0.05) is 25.5 Å². The zero-order valence-corrected chi connectivity index (χ0v) is 11.7. The van der Waals surface area contributed by atoms with Gasteiger partial charge >= 0.3 is 0 Å². The highest BCUT2D eigenvalue weighted by molar-refractivity contribution is 5.28. The Balaban J connectivity index is 2.23. The van der Waals surface area contributed by atoms with Crippen molar-refractivity contribution in [3.05, 3.63) is 35.1 Å². The Morgan fingerprint density at radius 1 is 1.33 bits per heavy atom. The third-order valence-corrected chi connectivity index (χ3v) is 4.33. The van der Waals surface area contributed by atoms with Crippen LogP contribution in [0.15, 0.2) is 18.2 Å². The largest absolute Gasteiger partial charge is 0.319 e. The number of hydrogen-bond donors (Lipinski definition) is 1. The molecule has 0 bridgehead atoms. The normalized spacial score (nSPS) is 28.3. The molecule has 0 aliphatic heterocycles. The summed E-state index contributed by atoms with van der Waals surface area (Å²) in [6, 6.07) is 5.65. The Kier molecular flexibility index (Phi) is 4.39. The summed E-state index contributed by atoms with van der Waals surface area (Å²) in [6.07, 6.45) is 3.84. The van der Waals surface area contributed by atoms with Crippen LogP contribution in [0, 0.1) is 24.6 Å². The average Bonchev–Trinajstić information content (AvgIpc) is 2.35. The summed E-state index contributed by atoms with van der Waals surface area (Å²) in [4.78, 5) is 0. The van der Waals surface area contributed by atoms with E-state index in [-0.39, 0.29) is 5.82 Å². The average molecular weight is 249 g/mol. The van der Waals surface area contributed by atoms with Crippen molar-refractivity contribution in [1.82, 2.24) is 5.32 Å². The lowest BCUT2D eigenvalue weighted by Crippen LogP contribution is -2.30. The quantitative estimate of drug-likeness (QED) is 0.857. The van der Waals surface area contributed by atoms with Gasteiger partial charge in [-0.3, -0.25) is 0 Å². The van der Waals surface area contributed by atoms with Crippen LogP contribution in [0.4, 0.5) is 4.39 Å². The topological polar surface area (TPSA) is 12.0 Å². The molecular formula is C16H24FN. The van der Waals surface area contributed by atoms with Crippen molar-refractivity contribution in [2.24, 2.45) is 11.8 Å². The Labute approximate surface area is 110 Å². The summed E-state index contributed by atoms with van der Waals surface area (Å²) in [6.45, 7) is 5.25. The molecule has 1 aromatic rings. The van der Waals surface area contributed by atoms with Crippen LogP contribution in [-0.2, 0) is 0 Å². The van der Waals surface area contributed by atoms with Crippen LogP contribution in [-0.4, -0.2) is 13.6 Å². The SMILES string of the molecule is CNCC1CCC(C)CC1c1ccc(F)c(C)c1. The van der Waals surface area contributed by atoms with Gasteiger partial charge in [0, 0.05) is 0 Å². The van der Waals surface area contributed by atoms with Gasteiger partial charge in [-0.05, 0) is 68.3 Å². The van der Waals surface area contributed by atoms with E-state index in [4.69, 9.17) is 0 Å². The van der Waals surface area contributed by atoms with Gasteiger partial charge in [-0.2, -0.15) is 0 Å². The molecule has 1 aliphatic rings. The molecule has 1 fully saturated rings. The Hall–Kier alpha value is -0.890. The first-order chi connectivity index (χ1) is 8.61. The standard InChI is InChI=1S/C16H24FN/c1-11-4-5-14(10-18-3)15(8-11)13-6-7-16(17)12(2)9-13/h6-7,9,11,14-15,18H,4-5,8,10H2,1-3H3. The summed E-state index contributed by atoms with van der Waals surface area (Å²) in [7, 11) is 2.02. The molecule has 0 heterocycles. The van der Waals surface area contributed by atoms with Gasteiger partial charge < -0.3 is 5.32 Å². The molecule has 0 radical (unpaired) electrons. The fourth-order valence-corrected chi connectivity index (χ4v) is 3.26. The van der Waals surface area contributed by atoms with Crippen LogP contribution >= 0.6 is 0 Å². The Morgan fingerprint density at radius 3 is 2.78 bits per heavy atom. The summed E-state index contributed by atoms with van der Waals surface area (Å²) < 4.78 is 13.4. The van der Waals surface area contributed by atoms with Crippen molar-refractivity contribution in [1.29, 1.82) is 0 Å².